The summed E-state index contributed by atoms with van der Waals surface area (Å²) in [5.41, 5.74) is 1.17. The Balaban J connectivity index is 0.000000640. The molecular weight excluding hydrogens is 128 g/mol. The van der Waals surface area contributed by atoms with Crippen LogP contribution in [0.15, 0.2) is 36.9 Å². The van der Waals surface area contributed by atoms with E-state index in [1.54, 1.807) is 0 Å². The van der Waals surface area contributed by atoms with E-state index in [-0.39, 0.29) is 13.5 Å². The molecule has 0 aliphatic carbocycles. The average Bonchev–Trinajstić information content (AvgIpc) is 1.90. The van der Waals surface area contributed by atoms with Gasteiger partial charge in [-0.2, -0.15) is 0 Å². The van der Waals surface area contributed by atoms with Gasteiger partial charge in [-0.25, -0.2) is 0 Å². The van der Waals surface area contributed by atoms with E-state index in [0.717, 1.165) is 0 Å². The summed E-state index contributed by atoms with van der Waals surface area (Å²) in [7, 11) is 0. The van der Waals surface area contributed by atoms with Gasteiger partial charge in [-0.15, -0.1) is 0 Å². The van der Waals surface area contributed by atoms with Gasteiger partial charge >= 0.3 is 0 Å². The molecule has 0 fully saturated rings. The van der Waals surface area contributed by atoms with Crippen molar-refractivity contribution >= 4 is 19.6 Å². The lowest BCUT2D eigenvalue weighted by Gasteiger charge is -1.85. The molecule has 0 bridgehead atoms. The highest BCUT2D eigenvalue weighted by molar-refractivity contribution is 7.59. The standard InChI is InChI=1S/C8H8.S/c1-2-8-6-4-3-5-7-8;/h2-7H,1H2;. The van der Waals surface area contributed by atoms with Crippen molar-refractivity contribution in [1.82, 2.24) is 0 Å². The lowest BCUT2D eigenvalue weighted by molar-refractivity contribution is 1.67. The number of benzene rings is 1. The van der Waals surface area contributed by atoms with Crippen LogP contribution >= 0.6 is 13.5 Å². The van der Waals surface area contributed by atoms with Gasteiger partial charge in [0.1, 0.15) is 0 Å². The molecule has 0 atom stereocenters. The van der Waals surface area contributed by atoms with Crippen LogP contribution < -0.4 is 0 Å². The first-order chi connectivity index (χ1) is 3.93. The molecule has 0 aliphatic heterocycles. The van der Waals surface area contributed by atoms with E-state index in [2.05, 4.69) is 6.58 Å². The summed E-state index contributed by atoms with van der Waals surface area (Å²) < 4.78 is 0. The molecule has 0 heterocycles. The van der Waals surface area contributed by atoms with Gasteiger partial charge in [0, 0.05) is 13.5 Å². The maximum absolute atomic E-state index is 3.63. The van der Waals surface area contributed by atoms with Crippen molar-refractivity contribution in [2.24, 2.45) is 0 Å². The second kappa shape index (κ2) is 4.21. The molecule has 0 saturated carbocycles. The van der Waals surface area contributed by atoms with E-state index in [1.165, 1.54) is 5.56 Å². The van der Waals surface area contributed by atoms with Crippen LogP contribution in [0.3, 0.4) is 0 Å². The summed E-state index contributed by atoms with van der Waals surface area (Å²) in [6, 6.07) is 10.0. The summed E-state index contributed by atoms with van der Waals surface area (Å²) >= 11 is 0. The molecule has 0 unspecified atom stereocenters. The summed E-state index contributed by atoms with van der Waals surface area (Å²) in [5, 5.41) is 0. The topological polar surface area (TPSA) is 0 Å². The smallest absolute Gasteiger partial charge is 0 e. The number of hydrogen-bond acceptors (Lipinski definition) is 0. The summed E-state index contributed by atoms with van der Waals surface area (Å²) in [6.07, 6.45) is 1.83. The lowest BCUT2D eigenvalue weighted by atomic mass is 10.2. The first-order valence-corrected chi connectivity index (χ1v) is 2.61. The average molecular weight is 136 g/mol. The Hall–Kier alpha value is -0.690. The monoisotopic (exact) mass is 136 g/mol. The molecular formula is C8H8S. The maximum atomic E-state index is 3.63. The highest BCUT2D eigenvalue weighted by atomic mass is 32.1. The molecule has 46 valence electrons. The van der Waals surface area contributed by atoms with Crippen LogP contribution in [0.25, 0.3) is 6.08 Å². The van der Waals surface area contributed by atoms with Crippen molar-refractivity contribution in [3.63, 3.8) is 0 Å². The van der Waals surface area contributed by atoms with Gasteiger partial charge in [-0.3, -0.25) is 0 Å². The predicted molar refractivity (Wildman–Crippen MR) is 44.1 cm³/mol. The normalized spacial score (nSPS) is 7.56. The molecule has 1 heteroatoms. The minimum Gasteiger partial charge on any atom is -0.0985 e. The van der Waals surface area contributed by atoms with Crippen LogP contribution in [0, 0.1) is 0 Å². The Morgan fingerprint density at radius 1 is 1.11 bits per heavy atom. The molecule has 1 aromatic carbocycles. The molecule has 0 amide bonds. The Morgan fingerprint density at radius 3 is 2.00 bits per heavy atom. The van der Waals surface area contributed by atoms with Gasteiger partial charge in [0.15, 0.2) is 0 Å². The Bertz CT molecular complexity index is 167. The van der Waals surface area contributed by atoms with Gasteiger partial charge in [-0.1, -0.05) is 43.0 Å². The third-order valence-electron chi connectivity index (χ3n) is 1.04. The third kappa shape index (κ3) is 2.38. The fourth-order valence-corrected chi connectivity index (χ4v) is 0.589. The SMILES string of the molecule is C=Cc1ccccc1.[S]. The van der Waals surface area contributed by atoms with E-state index in [1.807, 2.05) is 36.4 Å². The molecule has 0 aromatic heterocycles. The molecule has 0 spiro atoms. The van der Waals surface area contributed by atoms with Gasteiger partial charge in [0.2, 0.25) is 0 Å². The molecule has 0 N–H and O–H groups in total. The lowest BCUT2D eigenvalue weighted by Crippen LogP contribution is -1.63. The molecule has 0 saturated heterocycles. The molecule has 1 rings (SSSR count). The zero-order valence-electron chi connectivity index (χ0n) is 5.08. The van der Waals surface area contributed by atoms with Crippen LogP contribution in [0.5, 0.6) is 0 Å². The van der Waals surface area contributed by atoms with Gasteiger partial charge < -0.3 is 0 Å². The van der Waals surface area contributed by atoms with Gasteiger partial charge in [-0.05, 0) is 5.56 Å². The second-order valence-electron chi connectivity index (χ2n) is 1.61. The maximum Gasteiger partial charge on any atom is 0 e. The van der Waals surface area contributed by atoms with E-state index < -0.39 is 0 Å². The summed E-state index contributed by atoms with van der Waals surface area (Å²) in [4.78, 5) is 0. The predicted octanol–water partition coefficient (Wildman–Crippen LogP) is 2.98. The minimum atomic E-state index is 0. The summed E-state index contributed by atoms with van der Waals surface area (Å²) in [6.45, 7) is 3.63. The molecule has 0 aliphatic rings. The largest absolute Gasteiger partial charge is 0.0985 e. The van der Waals surface area contributed by atoms with Crippen molar-refractivity contribution in [1.29, 1.82) is 0 Å². The molecule has 2 radical (unpaired) electrons. The van der Waals surface area contributed by atoms with Crippen molar-refractivity contribution in [3.8, 4) is 0 Å². The quantitative estimate of drug-likeness (QED) is 0.556. The first-order valence-electron chi connectivity index (χ1n) is 2.61. The van der Waals surface area contributed by atoms with Crippen molar-refractivity contribution < 1.29 is 0 Å². The molecule has 0 nitrogen and oxygen atoms in total. The zero-order chi connectivity index (χ0) is 5.82. The van der Waals surface area contributed by atoms with Crippen LogP contribution in [-0.2, 0) is 0 Å². The first kappa shape index (κ1) is 8.31. The Labute approximate surface area is 62.7 Å². The Morgan fingerprint density at radius 2 is 1.67 bits per heavy atom. The van der Waals surface area contributed by atoms with Crippen LogP contribution in [0.1, 0.15) is 5.56 Å². The van der Waals surface area contributed by atoms with Gasteiger partial charge in [0.25, 0.3) is 0 Å². The third-order valence-corrected chi connectivity index (χ3v) is 1.04. The van der Waals surface area contributed by atoms with E-state index >= 15 is 0 Å². The van der Waals surface area contributed by atoms with E-state index in [4.69, 9.17) is 0 Å². The number of hydrogen-bond donors (Lipinski definition) is 0. The highest BCUT2D eigenvalue weighted by Gasteiger charge is 1.75. The minimum absolute atomic E-state index is 0. The van der Waals surface area contributed by atoms with Crippen molar-refractivity contribution in [2.75, 3.05) is 0 Å². The van der Waals surface area contributed by atoms with E-state index in [9.17, 15) is 0 Å². The van der Waals surface area contributed by atoms with Crippen LogP contribution in [0.2, 0.25) is 0 Å². The second-order valence-corrected chi connectivity index (χ2v) is 1.61. The van der Waals surface area contributed by atoms with Crippen molar-refractivity contribution in [2.45, 2.75) is 0 Å². The van der Waals surface area contributed by atoms with Crippen molar-refractivity contribution in [3.05, 3.63) is 42.5 Å². The number of rotatable bonds is 1. The van der Waals surface area contributed by atoms with Gasteiger partial charge in [0.05, 0.1) is 0 Å². The molecule has 9 heavy (non-hydrogen) atoms. The fourth-order valence-electron chi connectivity index (χ4n) is 0.589. The molecule has 1 aromatic rings. The highest BCUT2D eigenvalue weighted by Crippen LogP contribution is 1.97. The Kier molecular flexibility index (Phi) is 3.89. The van der Waals surface area contributed by atoms with Crippen LogP contribution in [0.4, 0.5) is 0 Å². The van der Waals surface area contributed by atoms with Crippen LogP contribution in [-0.4, -0.2) is 0 Å². The summed E-state index contributed by atoms with van der Waals surface area (Å²) in [5.74, 6) is 0. The van der Waals surface area contributed by atoms with E-state index in [0.29, 0.717) is 0 Å². The zero-order valence-corrected chi connectivity index (χ0v) is 5.90. The fraction of sp³-hybridized carbons (Fsp3) is 0.